The lowest BCUT2D eigenvalue weighted by atomic mass is 9.97. The van der Waals surface area contributed by atoms with Crippen molar-refractivity contribution in [3.8, 4) is 5.75 Å². The van der Waals surface area contributed by atoms with Crippen molar-refractivity contribution in [3.05, 3.63) is 59.4 Å². The highest BCUT2D eigenvalue weighted by Gasteiger charge is 2.20. The average Bonchev–Trinajstić information content (AvgIpc) is 2.60. The lowest BCUT2D eigenvalue weighted by Crippen LogP contribution is -2.30. The number of aromatic nitrogens is 1. The lowest BCUT2D eigenvalue weighted by molar-refractivity contribution is 0.0928. The summed E-state index contributed by atoms with van der Waals surface area (Å²) in [6.45, 7) is 7.01. The van der Waals surface area contributed by atoms with Gasteiger partial charge in [-0.2, -0.15) is 0 Å². The maximum atomic E-state index is 12.9. The highest BCUT2D eigenvalue weighted by molar-refractivity contribution is 5.97. The van der Waals surface area contributed by atoms with Crippen LogP contribution in [0.15, 0.2) is 42.7 Å². The second-order valence-corrected chi connectivity index (χ2v) is 6.58. The minimum Gasteiger partial charge on any atom is -0.491 e. The number of carbonyl (C=O) groups is 1. The summed E-state index contributed by atoms with van der Waals surface area (Å²) in [6.07, 6.45) is 4.37. The van der Waals surface area contributed by atoms with Crippen LogP contribution in [0.3, 0.4) is 0 Å². The van der Waals surface area contributed by atoms with E-state index in [-0.39, 0.29) is 11.9 Å². The van der Waals surface area contributed by atoms with E-state index in [0.29, 0.717) is 30.4 Å². The zero-order valence-electron chi connectivity index (χ0n) is 15.2. The molecule has 1 unspecified atom stereocenters. The summed E-state index contributed by atoms with van der Waals surface area (Å²) >= 11 is 0. The van der Waals surface area contributed by atoms with Gasteiger partial charge < -0.3 is 15.8 Å². The van der Waals surface area contributed by atoms with Gasteiger partial charge in [0, 0.05) is 18.9 Å². The van der Waals surface area contributed by atoms with Crippen LogP contribution in [0.2, 0.25) is 0 Å². The minimum absolute atomic E-state index is 0.0935. The molecular formula is C20H27N3O2. The van der Waals surface area contributed by atoms with E-state index in [2.05, 4.69) is 24.1 Å². The molecule has 0 bridgehead atoms. The summed E-state index contributed by atoms with van der Waals surface area (Å²) in [6, 6.07) is 9.37. The summed E-state index contributed by atoms with van der Waals surface area (Å²) in [4.78, 5) is 17.1. The number of hydrogen-bond donors (Lipinski definition) is 2. The van der Waals surface area contributed by atoms with Crippen molar-refractivity contribution < 1.29 is 9.53 Å². The molecule has 5 heteroatoms. The normalized spacial score (nSPS) is 12.0. The van der Waals surface area contributed by atoms with Gasteiger partial charge in [0.15, 0.2) is 0 Å². The van der Waals surface area contributed by atoms with Crippen LogP contribution in [-0.4, -0.2) is 24.0 Å². The summed E-state index contributed by atoms with van der Waals surface area (Å²) in [7, 11) is 0. The minimum atomic E-state index is -0.148. The molecule has 2 aromatic rings. The third-order valence-electron chi connectivity index (χ3n) is 3.85. The zero-order chi connectivity index (χ0) is 18.2. The first-order valence-corrected chi connectivity index (χ1v) is 8.65. The van der Waals surface area contributed by atoms with Crippen LogP contribution in [0.25, 0.3) is 0 Å². The van der Waals surface area contributed by atoms with Crippen molar-refractivity contribution in [2.75, 3.05) is 13.2 Å². The van der Waals surface area contributed by atoms with Crippen molar-refractivity contribution in [3.63, 3.8) is 0 Å². The fraction of sp³-hybridized carbons (Fsp3) is 0.400. The number of pyridine rings is 1. The fourth-order valence-corrected chi connectivity index (χ4v) is 2.68. The van der Waals surface area contributed by atoms with Crippen molar-refractivity contribution in [2.24, 2.45) is 11.7 Å². The Morgan fingerprint density at radius 3 is 2.76 bits per heavy atom. The van der Waals surface area contributed by atoms with Gasteiger partial charge in [-0.15, -0.1) is 0 Å². The van der Waals surface area contributed by atoms with Gasteiger partial charge in [-0.1, -0.05) is 31.5 Å². The SMILES string of the molecule is Cc1ccc(OCCN)c(C(=O)NC(CC(C)C)c2cccnc2)c1. The second kappa shape index (κ2) is 9.18. The molecule has 0 aliphatic heterocycles. The highest BCUT2D eigenvalue weighted by Crippen LogP contribution is 2.24. The molecule has 0 aliphatic rings. The third kappa shape index (κ3) is 5.57. The van der Waals surface area contributed by atoms with Gasteiger partial charge in [-0.05, 0) is 43.0 Å². The van der Waals surface area contributed by atoms with Gasteiger partial charge >= 0.3 is 0 Å². The molecule has 3 N–H and O–H groups in total. The quantitative estimate of drug-likeness (QED) is 0.773. The number of amides is 1. The van der Waals surface area contributed by atoms with Gasteiger partial charge in [0.2, 0.25) is 0 Å². The predicted molar refractivity (Wildman–Crippen MR) is 99.6 cm³/mol. The van der Waals surface area contributed by atoms with E-state index in [9.17, 15) is 4.79 Å². The number of carbonyl (C=O) groups excluding carboxylic acids is 1. The largest absolute Gasteiger partial charge is 0.491 e. The molecular weight excluding hydrogens is 314 g/mol. The van der Waals surface area contributed by atoms with Crippen LogP contribution in [0.5, 0.6) is 5.75 Å². The third-order valence-corrected chi connectivity index (χ3v) is 3.85. The molecule has 0 saturated heterocycles. The number of hydrogen-bond acceptors (Lipinski definition) is 4. The van der Waals surface area contributed by atoms with Crippen LogP contribution < -0.4 is 15.8 Å². The fourth-order valence-electron chi connectivity index (χ4n) is 2.68. The first-order valence-electron chi connectivity index (χ1n) is 8.65. The van der Waals surface area contributed by atoms with Crippen molar-refractivity contribution in [1.82, 2.24) is 10.3 Å². The molecule has 25 heavy (non-hydrogen) atoms. The Morgan fingerprint density at radius 2 is 2.12 bits per heavy atom. The molecule has 0 spiro atoms. The Bertz CT molecular complexity index is 687. The van der Waals surface area contributed by atoms with E-state index in [1.165, 1.54) is 0 Å². The van der Waals surface area contributed by atoms with E-state index in [1.54, 1.807) is 12.4 Å². The number of benzene rings is 1. The number of nitrogens with one attached hydrogen (secondary N) is 1. The predicted octanol–water partition coefficient (Wildman–Crippen LogP) is 3.24. The Morgan fingerprint density at radius 1 is 1.32 bits per heavy atom. The standard InChI is InChI=1S/C20H27N3O2/c1-14(2)11-18(16-5-4-9-22-13-16)23-20(24)17-12-15(3)6-7-19(17)25-10-8-21/h4-7,9,12-14,18H,8,10-11,21H2,1-3H3,(H,23,24). The summed E-state index contributed by atoms with van der Waals surface area (Å²) in [5.41, 5.74) is 8.05. The number of ether oxygens (including phenoxy) is 1. The number of rotatable bonds is 8. The van der Waals surface area contributed by atoms with Crippen LogP contribution in [0, 0.1) is 12.8 Å². The number of nitrogens with two attached hydrogens (primary N) is 1. The van der Waals surface area contributed by atoms with Gasteiger partial charge in [-0.25, -0.2) is 0 Å². The molecule has 5 nitrogen and oxygen atoms in total. The zero-order valence-corrected chi connectivity index (χ0v) is 15.2. The topological polar surface area (TPSA) is 77.2 Å². The molecule has 1 amide bonds. The Balaban J connectivity index is 2.24. The maximum absolute atomic E-state index is 12.9. The highest BCUT2D eigenvalue weighted by atomic mass is 16.5. The Hall–Kier alpha value is -2.40. The van der Waals surface area contributed by atoms with Crippen molar-refractivity contribution in [1.29, 1.82) is 0 Å². The molecule has 0 radical (unpaired) electrons. The van der Waals surface area contributed by atoms with Crippen molar-refractivity contribution >= 4 is 5.91 Å². The Kier molecular flexibility index (Phi) is 6.95. The summed E-state index contributed by atoms with van der Waals surface area (Å²) < 4.78 is 5.63. The first kappa shape index (κ1) is 18.9. The molecule has 2 rings (SSSR count). The van der Waals surface area contributed by atoms with E-state index in [0.717, 1.165) is 17.5 Å². The van der Waals surface area contributed by atoms with Gasteiger partial charge in [0.25, 0.3) is 5.91 Å². The van der Waals surface area contributed by atoms with E-state index in [1.807, 2.05) is 37.3 Å². The van der Waals surface area contributed by atoms with Gasteiger partial charge in [0.05, 0.1) is 11.6 Å². The molecule has 1 aromatic carbocycles. The van der Waals surface area contributed by atoms with Crippen LogP contribution >= 0.6 is 0 Å². The van der Waals surface area contributed by atoms with Crippen LogP contribution in [0.4, 0.5) is 0 Å². The molecule has 1 aromatic heterocycles. The van der Waals surface area contributed by atoms with Crippen LogP contribution in [-0.2, 0) is 0 Å². The Labute approximate surface area is 149 Å². The summed E-state index contributed by atoms with van der Waals surface area (Å²) in [5.74, 6) is 0.851. The molecule has 1 heterocycles. The van der Waals surface area contributed by atoms with E-state index in [4.69, 9.17) is 10.5 Å². The molecule has 1 atom stereocenters. The lowest BCUT2D eigenvalue weighted by Gasteiger charge is -2.22. The van der Waals surface area contributed by atoms with E-state index < -0.39 is 0 Å². The smallest absolute Gasteiger partial charge is 0.255 e. The van der Waals surface area contributed by atoms with Gasteiger partial charge in [0.1, 0.15) is 12.4 Å². The van der Waals surface area contributed by atoms with Crippen LogP contribution in [0.1, 0.15) is 47.8 Å². The molecule has 134 valence electrons. The monoisotopic (exact) mass is 341 g/mol. The first-order chi connectivity index (χ1) is 12.0. The second-order valence-electron chi connectivity index (χ2n) is 6.58. The van der Waals surface area contributed by atoms with Crippen molar-refractivity contribution in [2.45, 2.75) is 33.2 Å². The van der Waals surface area contributed by atoms with Gasteiger partial charge in [-0.3, -0.25) is 9.78 Å². The maximum Gasteiger partial charge on any atom is 0.255 e. The molecule has 0 aliphatic carbocycles. The summed E-state index contributed by atoms with van der Waals surface area (Å²) in [5, 5.41) is 3.13. The molecule has 0 fully saturated rings. The van der Waals surface area contributed by atoms with E-state index >= 15 is 0 Å². The molecule has 0 saturated carbocycles. The number of aryl methyl sites for hydroxylation is 1. The number of nitrogens with zero attached hydrogens (tertiary/aromatic N) is 1. The average molecular weight is 341 g/mol.